The number of nitrogens with one attached hydrogen (secondary N) is 2. The van der Waals surface area contributed by atoms with E-state index in [-0.39, 0.29) is 12.5 Å². The fourth-order valence-electron chi connectivity index (χ4n) is 2.40. The van der Waals surface area contributed by atoms with E-state index in [0.717, 1.165) is 16.2 Å². The van der Waals surface area contributed by atoms with Gasteiger partial charge in [-0.15, -0.1) is 23.5 Å². The molecule has 0 unspecified atom stereocenters. The predicted octanol–water partition coefficient (Wildman–Crippen LogP) is 2.93. The number of carbonyl (C=O) groups excluding carboxylic acids is 3. The van der Waals surface area contributed by atoms with Gasteiger partial charge in [-0.3, -0.25) is 25.2 Å². The fourth-order valence-corrected chi connectivity index (χ4v) is 4.29. The summed E-state index contributed by atoms with van der Waals surface area (Å²) >= 11 is 9.01. The standard InChI is InChI=1S/C19H18ClN3O3S2/c20-15-5-7-16(8-6-15)28-10-13-1-3-14(4-2-13)19(26)22-21-17(24)9-23-12-27-11-18(23)25/h1-8H,9-12H2,(H,21,24)(H,22,26). The van der Waals surface area contributed by atoms with Crippen LogP contribution in [0.25, 0.3) is 0 Å². The Balaban J connectivity index is 1.44. The Morgan fingerprint density at radius 3 is 2.43 bits per heavy atom. The first-order valence-corrected chi connectivity index (χ1v) is 10.9. The number of halogens is 1. The number of thioether (sulfide) groups is 2. The van der Waals surface area contributed by atoms with E-state index < -0.39 is 11.8 Å². The summed E-state index contributed by atoms with van der Waals surface area (Å²) < 4.78 is 0. The van der Waals surface area contributed by atoms with E-state index in [9.17, 15) is 14.4 Å². The van der Waals surface area contributed by atoms with Gasteiger partial charge in [0, 0.05) is 21.2 Å². The second-order valence-corrected chi connectivity index (χ2v) is 8.45. The lowest BCUT2D eigenvalue weighted by Gasteiger charge is -2.14. The van der Waals surface area contributed by atoms with Crippen LogP contribution in [-0.4, -0.2) is 40.8 Å². The highest BCUT2D eigenvalue weighted by atomic mass is 35.5. The van der Waals surface area contributed by atoms with E-state index in [2.05, 4.69) is 10.9 Å². The van der Waals surface area contributed by atoms with Crippen LogP contribution < -0.4 is 10.9 Å². The molecule has 0 aromatic heterocycles. The van der Waals surface area contributed by atoms with Gasteiger partial charge in [0.05, 0.1) is 11.6 Å². The lowest BCUT2D eigenvalue weighted by Crippen LogP contribution is -2.46. The quantitative estimate of drug-likeness (QED) is 0.538. The molecule has 0 saturated carbocycles. The molecular formula is C19H18ClN3O3S2. The van der Waals surface area contributed by atoms with Crippen molar-refractivity contribution < 1.29 is 14.4 Å². The maximum Gasteiger partial charge on any atom is 0.269 e. The van der Waals surface area contributed by atoms with Crippen molar-refractivity contribution in [1.82, 2.24) is 15.8 Å². The molecule has 1 saturated heterocycles. The van der Waals surface area contributed by atoms with E-state index in [0.29, 0.717) is 22.2 Å². The van der Waals surface area contributed by atoms with Crippen LogP contribution >= 0.6 is 35.1 Å². The largest absolute Gasteiger partial charge is 0.323 e. The smallest absolute Gasteiger partial charge is 0.269 e. The second-order valence-electron chi connectivity index (χ2n) is 6.01. The monoisotopic (exact) mass is 435 g/mol. The molecule has 6 nitrogen and oxygen atoms in total. The molecule has 1 aliphatic heterocycles. The Morgan fingerprint density at radius 1 is 1.07 bits per heavy atom. The molecule has 1 fully saturated rings. The van der Waals surface area contributed by atoms with Gasteiger partial charge in [0.2, 0.25) is 5.91 Å². The van der Waals surface area contributed by atoms with Crippen molar-refractivity contribution in [2.45, 2.75) is 10.6 Å². The summed E-state index contributed by atoms with van der Waals surface area (Å²) in [5.74, 6) is 0.742. The molecule has 146 valence electrons. The van der Waals surface area contributed by atoms with Crippen LogP contribution in [0.5, 0.6) is 0 Å². The molecule has 0 spiro atoms. The number of hydrogen-bond acceptors (Lipinski definition) is 5. The molecule has 2 aromatic carbocycles. The molecule has 3 rings (SSSR count). The van der Waals surface area contributed by atoms with E-state index in [1.807, 2.05) is 36.4 Å². The lowest BCUT2D eigenvalue weighted by molar-refractivity contribution is -0.132. The minimum atomic E-state index is -0.430. The highest BCUT2D eigenvalue weighted by Crippen LogP contribution is 2.24. The van der Waals surface area contributed by atoms with Gasteiger partial charge >= 0.3 is 0 Å². The summed E-state index contributed by atoms with van der Waals surface area (Å²) in [5.41, 5.74) is 6.22. The number of hydrogen-bond donors (Lipinski definition) is 2. The predicted molar refractivity (Wildman–Crippen MR) is 112 cm³/mol. The molecule has 28 heavy (non-hydrogen) atoms. The van der Waals surface area contributed by atoms with Crippen LogP contribution in [0.15, 0.2) is 53.4 Å². The third-order valence-corrected chi connectivity index (χ3v) is 6.19. The number of hydrazine groups is 1. The first kappa shape index (κ1) is 20.6. The zero-order chi connectivity index (χ0) is 19.9. The van der Waals surface area contributed by atoms with Crippen LogP contribution in [0, 0.1) is 0 Å². The summed E-state index contributed by atoms with van der Waals surface area (Å²) in [7, 11) is 0. The topological polar surface area (TPSA) is 78.5 Å². The molecular weight excluding hydrogens is 418 g/mol. The lowest BCUT2D eigenvalue weighted by atomic mass is 10.1. The molecule has 2 N–H and O–H groups in total. The highest BCUT2D eigenvalue weighted by molar-refractivity contribution is 8.00. The van der Waals surface area contributed by atoms with Crippen molar-refractivity contribution in [2.24, 2.45) is 0 Å². The maximum atomic E-state index is 12.1. The van der Waals surface area contributed by atoms with Gasteiger partial charge in [-0.25, -0.2) is 0 Å². The van der Waals surface area contributed by atoms with Gasteiger partial charge in [-0.1, -0.05) is 23.7 Å². The Labute approximate surface area is 176 Å². The first-order chi connectivity index (χ1) is 13.5. The normalized spacial score (nSPS) is 13.5. The Kier molecular flexibility index (Phi) is 7.24. The van der Waals surface area contributed by atoms with Crippen molar-refractivity contribution in [3.05, 3.63) is 64.7 Å². The van der Waals surface area contributed by atoms with Crippen LogP contribution in [0.4, 0.5) is 0 Å². The summed E-state index contributed by atoms with van der Waals surface area (Å²) in [6.45, 7) is -0.0625. The molecule has 0 aliphatic carbocycles. The molecule has 0 bridgehead atoms. The number of benzene rings is 2. The summed E-state index contributed by atoms with van der Waals surface area (Å²) in [6, 6.07) is 14.8. The zero-order valence-corrected chi connectivity index (χ0v) is 17.2. The molecule has 0 atom stereocenters. The van der Waals surface area contributed by atoms with E-state index in [1.165, 1.54) is 16.7 Å². The minimum Gasteiger partial charge on any atom is -0.323 e. The SMILES string of the molecule is O=C(CN1CSCC1=O)NNC(=O)c1ccc(CSc2ccc(Cl)cc2)cc1. The van der Waals surface area contributed by atoms with E-state index >= 15 is 0 Å². The van der Waals surface area contributed by atoms with Crippen molar-refractivity contribution in [3.8, 4) is 0 Å². The van der Waals surface area contributed by atoms with Crippen molar-refractivity contribution in [2.75, 3.05) is 18.2 Å². The van der Waals surface area contributed by atoms with Crippen molar-refractivity contribution >= 4 is 52.8 Å². The van der Waals surface area contributed by atoms with Crippen LogP contribution in [0.2, 0.25) is 5.02 Å². The average molecular weight is 436 g/mol. The molecule has 2 aromatic rings. The Hall–Kier alpha value is -2.16. The molecule has 9 heteroatoms. The van der Waals surface area contributed by atoms with Crippen molar-refractivity contribution in [3.63, 3.8) is 0 Å². The van der Waals surface area contributed by atoms with E-state index in [1.54, 1.807) is 23.9 Å². The molecule has 3 amide bonds. The van der Waals surface area contributed by atoms with Crippen molar-refractivity contribution in [1.29, 1.82) is 0 Å². The maximum absolute atomic E-state index is 12.1. The number of rotatable bonds is 6. The first-order valence-electron chi connectivity index (χ1n) is 8.43. The van der Waals surface area contributed by atoms with Crippen LogP contribution in [-0.2, 0) is 15.3 Å². The molecule has 1 heterocycles. The number of nitrogens with zero attached hydrogens (tertiary/aromatic N) is 1. The third kappa shape index (κ3) is 5.92. The van der Waals surface area contributed by atoms with Gasteiger partial charge in [-0.2, -0.15) is 0 Å². The Morgan fingerprint density at radius 2 is 1.79 bits per heavy atom. The van der Waals surface area contributed by atoms with Gasteiger partial charge in [0.15, 0.2) is 0 Å². The van der Waals surface area contributed by atoms with Gasteiger partial charge in [0.25, 0.3) is 11.8 Å². The average Bonchev–Trinajstić information content (AvgIpc) is 3.10. The second kappa shape index (κ2) is 9.86. The molecule has 0 radical (unpaired) electrons. The van der Waals surface area contributed by atoms with Crippen LogP contribution in [0.3, 0.4) is 0 Å². The summed E-state index contributed by atoms with van der Waals surface area (Å²) in [5, 5.41) is 0.706. The summed E-state index contributed by atoms with van der Waals surface area (Å²) in [4.78, 5) is 38.0. The third-order valence-electron chi connectivity index (χ3n) is 3.91. The number of amides is 3. The highest BCUT2D eigenvalue weighted by Gasteiger charge is 2.23. The zero-order valence-electron chi connectivity index (χ0n) is 14.8. The van der Waals surface area contributed by atoms with Crippen LogP contribution in [0.1, 0.15) is 15.9 Å². The summed E-state index contributed by atoms with van der Waals surface area (Å²) in [6.07, 6.45) is 0. The molecule has 1 aliphatic rings. The Bertz CT molecular complexity index is 860. The van der Waals surface area contributed by atoms with Gasteiger partial charge in [-0.05, 0) is 42.0 Å². The minimum absolute atomic E-state index is 0.0625. The fraction of sp³-hybridized carbons (Fsp3) is 0.211. The number of carbonyl (C=O) groups is 3. The van der Waals surface area contributed by atoms with Gasteiger partial charge in [0.1, 0.15) is 6.54 Å². The van der Waals surface area contributed by atoms with Gasteiger partial charge < -0.3 is 4.90 Å². The van der Waals surface area contributed by atoms with E-state index in [4.69, 9.17) is 11.6 Å².